The van der Waals surface area contributed by atoms with E-state index in [0.29, 0.717) is 11.1 Å². The molecule has 0 saturated heterocycles. The van der Waals surface area contributed by atoms with Gasteiger partial charge in [-0.3, -0.25) is 10.1 Å². The summed E-state index contributed by atoms with van der Waals surface area (Å²) in [5.74, 6) is -0.470. The zero-order chi connectivity index (χ0) is 15.4. The van der Waals surface area contributed by atoms with Gasteiger partial charge in [-0.05, 0) is 30.2 Å². The summed E-state index contributed by atoms with van der Waals surface area (Å²) in [5, 5.41) is 10.7. The Kier molecular flexibility index (Phi) is 4.70. The molecule has 0 unspecified atom stereocenters. The Morgan fingerprint density at radius 2 is 2.05 bits per heavy atom. The number of ether oxygens (including phenoxy) is 1. The zero-order valence-electron chi connectivity index (χ0n) is 11.2. The van der Waals surface area contributed by atoms with Gasteiger partial charge in [0, 0.05) is 16.6 Å². The quantitative estimate of drug-likeness (QED) is 0.474. The number of carbonyl (C=O) groups is 1. The summed E-state index contributed by atoms with van der Waals surface area (Å²) < 4.78 is 5.99. The Balaban J connectivity index is 2.05. The van der Waals surface area contributed by atoms with Crippen molar-refractivity contribution in [2.75, 3.05) is 0 Å². The summed E-state index contributed by atoms with van der Waals surface area (Å²) in [6.45, 7) is 1.91. The number of nitro benzene ring substituents is 1. The third kappa shape index (κ3) is 3.88. The number of aryl methyl sites for hydroxylation is 1. The largest absolute Gasteiger partial charge is 0.457 e. The van der Waals surface area contributed by atoms with Crippen molar-refractivity contribution in [3.8, 4) is 0 Å². The Labute approximate surface area is 129 Å². The van der Waals surface area contributed by atoms with Crippen molar-refractivity contribution in [1.82, 2.24) is 0 Å². The molecule has 0 aliphatic carbocycles. The molecule has 0 aromatic heterocycles. The predicted octanol–water partition coefficient (Wildman–Crippen LogP) is 4.02. The Bertz CT molecular complexity index is 700. The van der Waals surface area contributed by atoms with Crippen LogP contribution in [-0.2, 0) is 11.3 Å². The molecule has 0 radical (unpaired) electrons. The average Bonchev–Trinajstić information content (AvgIpc) is 2.48. The molecule has 21 heavy (non-hydrogen) atoms. The fraction of sp³-hybridized carbons (Fsp3) is 0.133. The van der Waals surface area contributed by atoms with E-state index in [1.807, 2.05) is 13.0 Å². The van der Waals surface area contributed by atoms with Gasteiger partial charge in [-0.2, -0.15) is 0 Å². The third-order valence-electron chi connectivity index (χ3n) is 2.90. The Morgan fingerprint density at radius 3 is 2.71 bits per heavy atom. The second-order valence-electron chi connectivity index (χ2n) is 4.47. The highest BCUT2D eigenvalue weighted by atomic mass is 79.9. The molecular formula is C15H12BrNO4. The Hall–Kier alpha value is -2.21. The molecule has 2 rings (SSSR count). The first kappa shape index (κ1) is 15.2. The van der Waals surface area contributed by atoms with Crippen molar-refractivity contribution in [3.63, 3.8) is 0 Å². The number of hydrogen-bond donors (Lipinski definition) is 0. The smallest absolute Gasteiger partial charge is 0.338 e. The molecule has 108 valence electrons. The van der Waals surface area contributed by atoms with E-state index in [1.54, 1.807) is 24.3 Å². The van der Waals surface area contributed by atoms with E-state index in [4.69, 9.17) is 4.74 Å². The van der Waals surface area contributed by atoms with Gasteiger partial charge in [-0.25, -0.2) is 4.79 Å². The van der Waals surface area contributed by atoms with Crippen molar-refractivity contribution < 1.29 is 14.5 Å². The normalized spacial score (nSPS) is 10.2. The van der Waals surface area contributed by atoms with E-state index in [2.05, 4.69) is 15.9 Å². The number of non-ortho nitro benzene ring substituents is 1. The number of esters is 1. The van der Waals surface area contributed by atoms with Crippen LogP contribution in [0.4, 0.5) is 5.69 Å². The SMILES string of the molecule is Cc1ccc(C(=O)OCc2cccc([N+](=O)[O-])c2)cc1Br. The monoisotopic (exact) mass is 349 g/mol. The molecule has 0 heterocycles. The second-order valence-corrected chi connectivity index (χ2v) is 5.32. The van der Waals surface area contributed by atoms with Crippen molar-refractivity contribution in [1.29, 1.82) is 0 Å². The minimum absolute atomic E-state index is 0.00793. The van der Waals surface area contributed by atoms with E-state index in [9.17, 15) is 14.9 Å². The van der Waals surface area contributed by atoms with Crippen LogP contribution < -0.4 is 0 Å². The summed E-state index contributed by atoms with van der Waals surface area (Å²) >= 11 is 3.35. The first-order chi connectivity index (χ1) is 9.97. The molecule has 5 nitrogen and oxygen atoms in total. The topological polar surface area (TPSA) is 69.4 Å². The maximum Gasteiger partial charge on any atom is 0.338 e. The predicted molar refractivity (Wildman–Crippen MR) is 81.1 cm³/mol. The zero-order valence-corrected chi connectivity index (χ0v) is 12.8. The number of nitrogens with zero attached hydrogens (tertiary/aromatic N) is 1. The Morgan fingerprint density at radius 1 is 1.29 bits per heavy atom. The first-order valence-electron chi connectivity index (χ1n) is 6.14. The number of carbonyl (C=O) groups excluding carboxylic acids is 1. The van der Waals surface area contributed by atoms with Gasteiger partial charge in [-0.15, -0.1) is 0 Å². The minimum atomic E-state index is -0.484. The van der Waals surface area contributed by atoms with E-state index < -0.39 is 10.9 Å². The molecule has 2 aromatic rings. The molecule has 6 heteroatoms. The van der Waals surface area contributed by atoms with Gasteiger partial charge in [0.15, 0.2) is 0 Å². The number of nitro groups is 1. The van der Waals surface area contributed by atoms with Crippen LogP contribution in [0, 0.1) is 17.0 Å². The second kappa shape index (κ2) is 6.49. The van der Waals surface area contributed by atoms with E-state index in [-0.39, 0.29) is 12.3 Å². The van der Waals surface area contributed by atoms with Crippen LogP contribution >= 0.6 is 15.9 Å². The van der Waals surface area contributed by atoms with Crippen LogP contribution in [0.3, 0.4) is 0 Å². The van der Waals surface area contributed by atoms with Gasteiger partial charge in [0.05, 0.1) is 10.5 Å². The highest BCUT2D eigenvalue weighted by Crippen LogP contribution is 2.19. The lowest BCUT2D eigenvalue weighted by Gasteiger charge is -2.06. The van der Waals surface area contributed by atoms with Gasteiger partial charge in [-0.1, -0.05) is 34.1 Å². The fourth-order valence-electron chi connectivity index (χ4n) is 1.71. The summed E-state index contributed by atoms with van der Waals surface area (Å²) in [4.78, 5) is 22.1. The molecule has 0 aliphatic heterocycles. The molecule has 0 fully saturated rings. The third-order valence-corrected chi connectivity index (χ3v) is 3.75. The molecule has 0 spiro atoms. The van der Waals surface area contributed by atoms with Crippen molar-refractivity contribution in [2.45, 2.75) is 13.5 Å². The lowest BCUT2D eigenvalue weighted by molar-refractivity contribution is -0.384. The van der Waals surface area contributed by atoms with Gasteiger partial charge in [0.1, 0.15) is 6.61 Å². The lowest BCUT2D eigenvalue weighted by Crippen LogP contribution is -2.05. The first-order valence-corrected chi connectivity index (χ1v) is 6.93. The van der Waals surface area contributed by atoms with Crippen molar-refractivity contribution in [2.24, 2.45) is 0 Å². The maximum atomic E-state index is 11.9. The molecule has 0 N–H and O–H groups in total. The highest BCUT2D eigenvalue weighted by Gasteiger charge is 2.10. The molecule has 0 aliphatic rings. The van der Waals surface area contributed by atoms with Gasteiger partial charge in [0.25, 0.3) is 5.69 Å². The van der Waals surface area contributed by atoms with Crippen LogP contribution in [0.25, 0.3) is 0 Å². The molecular weight excluding hydrogens is 338 g/mol. The summed E-state index contributed by atoms with van der Waals surface area (Å²) in [7, 11) is 0. The van der Waals surface area contributed by atoms with Gasteiger partial charge < -0.3 is 4.74 Å². The summed E-state index contributed by atoms with van der Waals surface area (Å²) in [5.41, 5.74) is 1.99. The van der Waals surface area contributed by atoms with Crippen LogP contribution in [0.5, 0.6) is 0 Å². The van der Waals surface area contributed by atoms with Crippen LogP contribution in [0.15, 0.2) is 46.9 Å². The molecule has 0 amide bonds. The van der Waals surface area contributed by atoms with E-state index >= 15 is 0 Å². The van der Waals surface area contributed by atoms with Crippen LogP contribution in [-0.4, -0.2) is 10.9 Å². The lowest BCUT2D eigenvalue weighted by atomic mass is 10.1. The number of hydrogen-bond acceptors (Lipinski definition) is 4. The minimum Gasteiger partial charge on any atom is -0.457 e. The summed E-state index contributed by atoms with van der Waals surface area (Å²) in [6, 6.07) is 11.2. The van der Waals surface area contributed by atoms with Gasteiger partial charge in [0.2, 0.25) is 0 Å². The van der Waals surface area contributed by atoms with Crippen LogP contribution in [0.1, 0.15) is 21.5 Å². The van der Waals surface area contributed by atoms with Gasteiger partial charge >= 0.3 is 5.97 Å². The number of halogens is 1. The molecule has 0 saturated carbocycles. The highest BCUT2D eigenvalue weighted by molar-refractivity contribution is 9.10. The van der Waals surface area contributed by atoms with E-state index in [0.717, 1.165) is 10.0 Å². The maximum absolute atomic E-state index is 11.9. The fourth-order valence-corrected chi connectivity index (χ4v) is 2.09. The molecule has 0 bridgehead atoms. The van der Waals surface area contributed by atoms with E-state index in [1.165, 1.54) is 12.1 Å². The number of benzene rings is 2. The van der Waals surface area contributed by atoms with Crippen molar-refractivity contribution in [3.05, 3.63) is 73.7 Å². The van der Waals surface area contributed by atoms with Crippen molar-refractivity contribution >= 4 is 27.6 Å². The molecule has 0 atom stereocenters. The summed E-state index contributed by atoms with van der Waals surface area (Å²) in [6.07, 6.45) is 0. The number of rotatable bonds is 4. The van der Waals surface area contributed by atoms with Crippen LogP contribution in [0.2, 0.25) is 0 Å². The standard InChI is InChI=1S/C15H12BrNO4/c1-10-5-6-12(8-14(10)16)15(18)21-9-11-3-2-4-13(7-11)17(19)20/h2-8H,9H2,1H3. The average molecular weight is 350 g/mol. The molecule has 2 aromatic carbocycles.